The summed E-state index contributed by atoms with van der Waals surface area (Å²) in [5.41, 5.74) is 1.16. The van der Waals surface area contributed by atoms with Crippen LogP contribution < -0.4 is 4.90 Å². The molecule has 19 heavy (non-hydrogen) atoms. The van der Waals surface area contributed by atoms with E-state index in [4.69, 9.17) is 11.6 Å². The Morgan fingerprint density at radius 2 is 2.05 bits per heavy atom. The Balaban J connectivity index is 2.02. The summed E-state index contributed by atoms with van der Waals surface area (Å²) < 4.78 is 0. The topological polar surface area (TPSA) is 24.8 Å². The van der Waals surface area contributed by atoms with Crippen LogP contribution in [0, 0.1) is 0 Å². The van der Waals surface area contributed by atoms with Crippen molar-refractivity contribution < 1.29 is 9.69 Å². The zero-order valence-electron chi connectivity index (χ0n) is 11.4. The summed E-state index contributed by atoms with van der Waals surface area (Å²) in [5.74, 6) is 0.834. The number of carbonyl (C=O) groups is 1. The fourth-order valence-electron chi connectivity index (χ4n) is 2.20. The molecular formula is C14H20ClN2OS+. The number of nitrogens with one attached hydrogen (secondary N) is 1. The van der Waals surface area contributed by atoms with Gasteiger partial charge in [-0.2, -0.15) is 0 Å². The average Bonchev–Trinajstić information content (AvgIpc) is 2.72. The molecule has 2 rings (SSSR count). The molecule has 0 spiro atoms. The van der Waals surface area contributed by atoms with Gasteiger partial charge in [-0.1, -0.05) is 23.7 Å². The van der Waals surface area contributed by atoms with Crippen LogP contribution in [0.5, 0.6) is 0 Å². The Kier molecular flexibility index (Phi) is 5.13. The third-order valence-corrected chi connectivity index (χ3v) is 4.71. The van der Waals surface area contributed by atoms with E-state index in [2.05, 4.69) is 14.1 Å². The second-order valence-electron chi connectivity index (χ2n) is 5.11. The standard InChI is InChI=1S/C14H19ClN2OS/c1-16(2)8-3-9-17-13(18)10-19-14(17)11-4-6-12(15)7-5-11/h4-7,14H,3,8-10H2,1-2H3/p+1/t14-/m0/s1. The van der Waals surface area contributed by atoms with Gasteiger partial charge in [-0.3, -0.25) is 4.79 Å². The van der Waals surface area contributed by atoms with Crippen molar-refractivity contribution in [1.29, 1.82) is 0 Å². The lowest BCUT2D eigenvalue weighted by molar-refractivity contribution is -0.858. The van der Waals surface area contributed by atoms with Crippen LogP contribution in [0.2, 0.25) is 5.02 Å². The van der Waals surface area contributed by atoms with Gasteiger partial charge in [0.25, 0.3) is 0 Å². The zero-order chi connectivity index (χ0) is 13.8. The number of carbonyl (C=O) groups excluding carboxylic acids is 1. The molecule has 0 bridgehead atoms. The average molecular weight is 300 g/mol. The maximum Gasteiger partial charge on any atom is 0.233 e. The Labute approximate surface area is 123 Å². The summed E-state index contributed by atoms with van der Waals surface area (Å²) >= 11 is 7.61. The smallest absolute Gasteiger partial charge is 0.233 e. The SMILES string of the molecule is C[NH+](C)CCCN1C(=O)CS[C@H]1c1ccc(Cl)cc1. The molecule has 1 aromatic rings. The molecular weight excluding hydrogens is 280 g/mol. The van der Waals surface area contributed by atoms with Gasteiger partial charge in [0.1, 0.15) is 5.37 Å². The summed E-state index contributed by atoms with van der Waals surface area (Å²) in [5, 5.41) is 0.891. The zero-order valence-corrected chi connectivity index (χ0v) is 12.9. The van der Waals surface area contributed by atoms with Gasteiger partial charge in [-0.15, -0.1) is 11.8 Å². The van der Waals surface area contributed by atoms with E-state index < -0.39 is 0 Å². The lowest BCUT2D eigenvalue weighted by Gasteiger charge is -2.24. The van der Waals surface area contributed by atoms with E-state index in [9.17, 15) is 4.79 Å². The van der Waals surface area contributed by atoms with Gasteiger partial charge in [0.05, 0.1) is 26.4 Å². The number of quaternary nitrogens is 1. The van der Waals surface area contributed by atoms with Crippen molar-refractivity contribution in [3.05, 3.63) is 34.9 Å². The van der Waals surface area contributed by atoms with Crippen LogP contribution in [0.25, 0.3) is 0 Å². The molecule has 1 aromatic carbocycles. The highest BCUT2D eigenvalue weighted by Crippen LogP contribution is 2.38. The van der Waals surface area contributed by atoms with Gasteiger partial charge in [-0.25, -0.2) is 0 Å². The molecule has 0 saturated carbocycles. The fraction of sp³-hybridized carbons (Fsp3) is 0.500. The van der Waals surface area contributed by atoms with Gasteiger partial charge >= 0.3 is 0 Å². The molecule has 0 aromatic heterocycles. The summed E-state index contributed by atoms with van der Waals surface area (Å²) in [6, 6.07) is 7.82. The number of thioether (sulfide) groups is 1. The lowest BCUT2D eigenvalue weighted by atomic mass is 10.2. The number of hydrogen-bond acceptors (Lipinski definition) is 2. The summed E-state index contributed by atoms with van der Waals surface area (Å²) in [4.78, 5) is 15.4. The molecule has 0 unspecified atom stereocenters. The van der Waals surface area contributed by atoms with Crippen LogP contribution >= 0.6 is 23.4 Å². The van der Waals surface area contributed by atoms with Gasteiger partial charge in [0, 0.05) is 18.0 Å². The quantitative estimate of drug-likeness (QED) is 0.890. The number of benzene rings is 1. The van der Waals surface area contributed by atoms with Crippen molar-refractivity contribution in [1.82, 2.24) is 4.90 Å². The molecule has 1 heterocycles. The first-order valence-electron chi connectivity index (χ1n) is 6.53. The van der Waals surface area contributed by atoms with Crippen molar-refractivity contribution in [3.63, 3.8) is 0 Å². The molecule has 1 atom stereocenters. The maximum atomic E-state index is 12.0. The molecule has 1 aliphatic heterocycles. The van der Waals surface area contributed by atoms with Crippen LogP contribution in [-0.4, -0.2) is 43.7 Å². The Morgan fingerprint density at radius 3 is 2.68 bits per heavy atom. The Bertz CT molecular complexity index is 436. The highest BCUT2D eigenvalue weighted by atomic mass is 35.5. The minimum atomic E-state index is 0.155. The van der Waals surface area contributed by atoms with Gasteiger partial charge in [-0.05, 0) is 17.7 Å². The van der Waals surface area contributed by atoms with Crippen molar-refractivity contribution in [2.24, 2.45) is 0 Å². The van der Waals surface area contributed by atoms with E-state index in [0.717, 1.165) is 30.1 Å². The molecule has 104 valence electrons. The number of rotatable bonds is 5. The number of nitrogens with zero attached hydrogens (tertiary/aromatic N) is 1. The van der Waals surface area contributed by atoms with Crippen LogP contribution in [0.1, 0.15) is 17.4 Å². The summed E-state index contributed by atoms with van der Waals surface area (Å²) in [6.45, 7) is 1.92. The van der Waals surface area contributed by atoms with E-state index in [1.54, 1.807) is 11.8 Å². The largest absolute Gasteiger partial charge is 0.340 e. The van der Waals surface area contributed by atoms with E-state index in [1.165, 1.54) is 4.90 Å². The lowest BCUT2D eigenvalue weighted by Crippen LogP contribution is -3.05. The first-order chi connectivity index (χ1) is 9.08. The van der Waals surface area contributed by atoms with Gasteiger partial charge in [0.15, 0.2) is 0 Å². The molecule has 3 nitrogen and oxygen atoms in total. The van der Waals surface area contributed by atoms with Gasteiger partial charge in [0.2, 0.25) is 5.91 Å². The number of amides is 1. The fourth-order valence-corrected chi connectivity index (χ4v) is 3.55. The molecule has 1 saturated heterocycles. The molecule has 1 aliphatic rings. The third kappa shape index (κ3) is 3.88. The van der Waals surface area contributed by atoms with Crippen molar-refractivity contribution in [3.8, 4) is 0 Å². The minimum Gasteiger partial charge on any atom is -0.340 e. The van der Waals surface area contributed by atoms with Crippen LogP contribution in [0.15, 0.2) is 24.3 Å². The van der Waals surface area contributed by atoms with E-state index >= 15 is 0 Å². The van der Waals surface area contributed by atoms with E-state index in [-0.39, 0.29) is 11.3 Å². The van der Waals surface area contributed by atoms with Crippen molar-refractivity contribution in [2.45, 2.75) is 11.8 Å². The van der Waals surface area contributed by atoms with Crippen molar-refractivity contribution >= 4 is 29.3 Å². The van der Waals surface area contributed by atoms with Crippen LogP contribution in [0.3, 0.4) is 0 Å². The highest BCUT2D eigenvalue weighted by molar-refractivity contribution is 8.00. The maximum absolute atomic E-state index is 12.0. The molecule has 0 aliphatic carbocycles. The molecule has 5 heteroatoms. The molecule has 1 fully saturated rings. The molecule has 1 N–H and O–H groups in total. The first kappa shape index (κ1) is 14.7. The second kappa shape index (κ2) is 6.64. The first-order valence-corrected chi connectivity index (χ1v) is 7.96. The number of hydrogen-bond donors (Lipinski definition) is 1. The predicted molar refractivity (Wildman–Crippen MR) is 80.7 cm³/mol. The molecule has 0 radical (unpaired) electrons. The minimum absolute atomic E-state index is 0.155. The summed E-state index contributed by atoms with van der Waals surface area (Å²) in [7, 11) is 4.27. The monoisotopic (exact) mass is 299 g/mol. The Hall–Kier alpha value is -0.710. The van der Waals surface area contributed by atoms with Crippen LogP contribution in [-0.2, 0) is 4.79 Å². The summed E-state index contributed by atoms with van der Waals surface area (Å²) in [6.07, 6.45) is 1.04. The van der Waals surface area contributed by atoms with E-state index in [1.807, 2.05) is 29.2 Å². The molecule has 1 amide bonds. The third-order valence-electron chi connectivity index (χ3n) is 3.20. The van der Waals surface area contributed by atoms with E-state index in [0.29, 0.717) is 5.75 Å². The Morgan fingerprint density at radius 1 is 1.37 bits per heavy atom. The highest BCUT2D eigenvalue weighted by Gasteiger charge is 2.32. The predicted octanol–water partition coefficient (Wildman–Crippen LogP) is 1.45. The normalized spacial score (nSPS) is 19.5. The van der Waals surface area contributed by atoms with Crippen molar-refractivity contribution in [2.75, 3.05) is 32.9 Å². The van der Waals surface area contributed by atoms with Gasteiger partial charge < -0.3 is 9.80 Å². The number of halogens is 1. The van der Waals surface area contributed by atoms with Crippen LogP contribution in [0.4, 0.5) is 0 Å². The second-order valence-corrected chi connectivity index (χ2v) is 6.62.